The summed E-state index contributed by atoms with van der Waals surface area (Å²) in [5.74, 6) is -0.422. The summed E-state index contributed by atoms with van der Waals surface area (Å²) in [6.45, 7) is -0.474. The second-order valence-electron chi connectivity index (χ2n) is 5.01. The first kappa shape index (κ1) is 17.2. The highest BCUT2D eigenvalue weighted by Crippen LogP contribution is 2.24. The Morgan fingerprint density at radius 3 is 2.74 bits per heavy atom. The van der Waals surface area contributed by atoms with E-state index in [1.807, 2.05) is 0 Å². The SMILES string of the molecule is CO[C@@H]1O[C@H](CO)[C@H](O)[C@H](N=[N+]=[N-])[C@@H]1NC(=O)c1ccccc1. The Morgan fingerprint density at radius 2 is 2.17 bits per heavy atom. The number of azide groups is 1. The van der Waals surface area contributed by atoms with Gasteiger partial charge in [-0.25, -0.2) is 0 Å². The average molecular weight is 322 g/mol. The number of rotatable bonds is 5. The molecular weight excluding hydrogens is 304 g/mol. The van der Waals surface area contributed by atoms with Crippen molar-refractivity contribution in [1.29, 1.82) is 0 Å². The number of carbonyl (C=O) groups is 1. The van der Waals surface area contributed by atoms with Crippen molar-refractivity contribution in [3.8, 4) is 0 Å². The van der Waals surface area contributed by atoms with Crippen LogP contribution >= 0.6 is 0 Å². The number of aliphatic hydroxyl groups excluding tert-OH is 2. The lowest BCUT2D eigenvalue weighted by Crippen LogP contribution is -2.63. The van der Waals surface area contributed by atoms with Gasteiger partial charge >= 0.3 is 0 Å². The zero-order valence-electron chi connectivity index (χ0n) is 12.4. The number of aliphatic hydroxyl groups is 2. The summed E-state index contributed by atoms with van der Waals surface area (Å²) in [4.78, 5) is 15.0. The van der Waals surface area contributed by atoms with E-state index in [1.54, 1.807) is 30.3 Å². The molecule has 0 unspecified atom stereocenters. The largest absolute Gasteiger partial charge is 0.394 e. The van der Waals surface area contributed by atoms with Crippen LogP contribution in [0.25, 0.3) is 10.4 Å². The number of benzene rings is 1. The van der Waals surface area contributed by atoms with E-state index >= 15 is 0 Å². The zero-order chi connectivity index (χ0) is 16.8. The second-order valence-corrected chi connectivity index (χ2v) is 5.01. The molecule has 1 heterocycles. The standard InChI is InChI=1S/C14H18N4O5/c1-22-14-11(16-13(21)8-5-3-2-4-6-8)10(17-18-15)12(20)9(7-19)23-14/h2-6,9-12,14,19-20H,7H2,1H3,(H,16,21)/t9-,10-,11+,12+,14-/m1/s1. The van der Waals surface area contributed by atoms with Crippen molar-refractivity contribution in [2.75, 3.05) is 13.7 Å². The Hall–Kier alpha value is -2.16. The number of hydrogen-bond acceptors (Lipinski definition) is 6. The van der Waals surface area contributed by atoms with Crippen LogP contribution in [0.1, 0.15) is 10.4 Å². The maximum atomic E-state index is 12.3. The molecule has 1 aromatic rings. The molecule has 1 fully saturated rings. The number of nitrogens with zero attached hydrogens (tertiary/aromatic N) is 3. The molecule has 0 bridgehead atoms. The van der Waals surface area contributed by atoms with Gasteiger partial charge in [-0.2, -0.15) is 0 Å². The Kier molecular flexibility index (Phi) is 5.91. The molecule has 124 valence electrons. The molecule has 9 heteroatoms. The first-order valence-electron chi connectivity index (χ1n) is 6.99. The average Bonchev–Trinajstić information content (AvgIpc) is 2.59. The van der Waals surface area contributed by atoms with E-state index in [0.717, 1.165) is 0 Å². The van der Waals surface area contributed by atoms with Crippen molar-refractivity contribution in [2.24, 2.45) is 5.11 Å². The molecule has 1 aliphatic rings. The number of ether oxygens (including phenoxy) is 2. The molecule has 1 amide bonds. The van der Waals surface area contributed by atoms with Crippen LogP contribution in [0.2, 0.25) is 0 Å². The van der Waals surface area contributed by atoms with Gasteiger partial charge in [0.2, 0.25) is 0 Å². The minimum absolute atomic E-state index is 0.404. The van der Waals surface area contributed by atoms with Crippen molar-refractivity contribution >= 4 is 5.91 Å². The molecule has 1 saturated heterocycles. The molecule has 5 atom stereocenters. The Balaban J connectivity index is 2.24. The Labute approximate surface area is 132 Å². The molecule has 0 aromatic heterocycles. The Bertz CT molecular complexity index is 578. The van der Waals surface area contributed by atoms with E-state index in [-0.39, 0.29) is 0 Å². The first-order valence-corrected chi connectivity index (χ1v) is 6.99. The molecule has 0 radical (unpaired) electrons. The topological polar surface area (TPSA) is 137 Å². The molecule has 1 aliphatic heterocycles. The van der Waals surface area contributed by atoms with Crippen molar-refractivity contribution < 1.29 is 24.5 Å². The second kappa shape index (κ2) is 7.91. The van der Waals surface area contributed by atoms with Crippen molar-refractivity contribution in [3.05, 3.63) is 46.3 Å². The zero-order valence-corrected chi connectivity index (χ0v) is 12.4. The van der Waals surface area contributed by atoms with Crippen LogP contribution < -0.4 is 5.32 Å². The summed E-state index contributed by atoms with van der Waals surface area (Å²) in [7, 11) is 1.35. The van der Waals surface area contributed by atoms with Gasteiger partial charge in [-0.3, -0.25) is 4.79 Å². The van der Waals surface area contributed by atoms with Crippen LogP contribution in [-0.4, -0.2) is 60.4 Å². The minimum atomic E-state index is -1.27. The lowest BCUT2D eigenvalue weighted by Gasteiger charge is -2.42. The van der Waals surface area contributed by atoms with Gasteiger partial charge in [0.25, 0.3) is 5.91 Å². The third-order valence-electron chi connectivity index (χ3n) is 3.63. The quantitative estimate of drug-likeness (QED) is 0.404. The van der Waals surface area contributed by atoms with Gasteiger partial charge < -0.3 is 25.0 Å². The molecule has 23 heavy (non-hydrogen) atoms. The van der Waals surface area contributed by atoms with Crippen LogP contribution in [-0.2, 0) is 9.47 Å². The van der Waals surface area contributed by atoms with Crippen LogP contribution in [0.5, 0.6) is 0 Å². The summed E-state index contributed by atoms with van der Waals surface area (Å²) >= 11 is 0. The van der Waals surface area contributed by atoms with E-state index in [1.165, 1.54) is 7.11 Å². The lowest BCUT2D eigenvalue weighted by molar-refractivity contribution is -0.236. The summed E-state index contributed by atoms with van der Waals surface area (Å²) < 4.78 is 10.6. The van der Waals surface area contributed by atoms with Crippen LogP contribution in [0.15, 0.2) is 35.4 Å². The molecule has 3 N–H and O–H groups in total. The first-order chi connectivity index (χ1) is 11.1. The van der Waals surface area contributed by atoms with E-state index < -0.39 is 43.1 Å². The van der Waals surface area contributed by atoms with Gasteiger partial charge in [-0.05, 0) is 17.7 Å². The van der Waals surface area contributed by atoms with E-state index in [4.69, 9.17) is 15.0 Å². The fourth-order valence-electron chi connectivity index (χ4n) is 2.46. The monoisotopic (exact) mass is 322 g/mol. The number of carbonyl (C=O) groups excluding carboxylic acids is 1. The third-order valence-corrected chi connectivity index (χ3v) is 3.63. The van der Waals surface area contributed by atoms with Gasteiger partial charge in [0.15, 0.2) is 6.29 Å². The molecule has 2 rings (SSSR count). The number of methoxy groups -OCH3 is 1. The maximum Gasteiger partial charge on any atom is 0.251 e. The summed E-state index contributed by atoms with van der Waals surface area (Å²) in [5.41, 5.74) is 9.12. The van der Waals surface area contributed by atoms with E-state index in [9.17, 15) is 15.0 Å². The van der Waals surface area contributed by atoms with Crippen LogP contribution in [0.4, 0.5) is 0 Å². The highest BCUT2D eigenvalue weighted by atomic mass is 16.7. The summed E-state index contributed by atoms with van der Waals surface area (Å²) in [5, 5.41) is 25.6. The fraction of sp³-hybridized carbons (Fsp3) is 0.500. The van der Waals surface area contributed by atoms with Crippen LogP contribution in [0, 0.1) is 0 Å². The molecule has 9 nitrogen and oxygen atoms in total. The molecule has 0 saturated carbocycles. The smallest absolute Gasteiger partial charge is 0.251 e. The summed E-state index contributed by atoms with van der Waals surface area (Å²) in [6.07, 6.45) is -3.22. The fourth-order valence-corrected chi connectivity index (χ4v) is 2.46. The van der Waals surface area contributed by atoms with Gasteiger partial charge in [0.1, 0.15) is 6.10 Å². The van der Waals surface area contributed by atoms with Crippen molar-refractivity contribution in [3.63, 3.8) is 0 Å². The highest BCUT2D eigenvalue weighted by Gasteiger charge is 2.45. The summed E-state index contributed by atoms with van der Waals surface area (Å²) in [6, 6.07) is 6.50. The van der Waals surface area contributed by atoms with E-state index in [2.05, 4.69) is 15.3 Å². The highest BCUT2D eigenvalue weighted by molar-refractivity contribution is 5.94. The number of amides is 1. The maximum absolute atomic E-state index is 12.3. The van der Waals surface area contributed by atoms with Crippen molar-refractivity contribution in [2.45, 2.75) is 30.6 Å². The van der Waals surface area contributed by atoms with E-state index in [0.29, 0.717) is 5.56 Å². The lowest BCUT2D eigenvalue weighted by atomic mass is 9.94. The van der Waals surface area contributed by atoms with Gasteiger partial charge in [0, 0.05) is 17.6 Å². The third kappa shape index (κ3) is 3.79. The van der Waals surface area contributed by atoms with Gasteiger partial charge in [-0.15, -0.1) is 0 Å². The molecule has 1 aromatic carbocycles. The van der Waals surface area contributed by atoms with Gasteiger partial charge in [0.05, 0.1) is 24.8 Å². The number of nitrogens with one attached hydrogen (secondary N) is 1. The minimum Gasteiger partial charge on any atom is -0.394 e. The Morgan fingerprint density at radius 1 is 1.48 bits per heavy atom. The molecule has 0 spiro atoms. The van der Waals surface area contributed by atoms with Crippen LogP contribution in [0.3, 0.4) is 0 Å². The predicted octanol–water partition coefficient (Wildman–Crippen LogP) is 0.188. The van der Waals surface area contributed by atoms with Gasteiger partial charge in [-0.1, -0.05) is 23.3 Å². The predicted molar refractivity (Wildman–Crippen MR) is 79.4 cm³/mol. The number of hydrogen-bond donors (Lipinski definition) is 3. The molecular formula is C14H18N4O5. The molecule has 0 aliphatic carbocycles. The van der Waals surface area contributed by atoms with Crippen molar-refractivity contribution in [1.82, 2.24) is 5.32 Å². The normalized spacial score (nSPS) is 30.3.